The minimum atomic E-state index is -3.38. The molecule has 0 aromatic carbocycles. The molecular formula is C32H54N6O7S. The Labute approximate surface area is 273 Å². The molecule has 0 aromatic rings. The van der Waals surface area contributed by atoms with Gasteiger partial charge in [0.05, 0.1) is 11.8 Å². The zero-order valence-electron chi connectivity index (χ0n) is 28.9. The maximum atomic E-state index is 14.3. The number of sulfonamides is 1. The van der Waals surface area contributed by atoms with Crippen molar-refractivity contribution in [3.63, 3.8) is 0 Å². The van der Waals surface area contributed by atoms with E-state index in [-0.39, 0.29) is 35.5 Å². The van der Waals surface area contributed by atoms with E-state index in [1.807, 2.05) is 41.5 Å². The van der Waals surface area contributed by atoms with E-state index >= 15 is 0 Å². The van der Waals surface area contributed by atoms with Crippen LogP contribution in [0.4, 0.5) is 4.79 Å². The number of carbonyl (C=O) groups is 5. The van der Waals surface area contributed by atoms with Crippen LogP contribution < -0.4 is 21.3 Å². The van der Waals surface area contributed by atoms with Crippen LogP contribution in [0.25, 0.3) is 0 Å². The number of Topliss-reactive ketones (excluding diaryl/α,β-unsaturated/α-hetero) is 1. The van der Waals surface area contributed by atoms with Crippen molar-refractivity contribution in [1.29, 1.82) is 0 Å². The average molecular weight is 667 g/mol. The molecule has 260 valence electrons. The minimum Gasteiger partial charge on any atom is -0.353 e. The molecule has 4 N–H and O–H groups in total. The fourth-order valence-electron chi connectivity index (χ4n) is 7.05. The summed E-state index contributed by atoms with van der Waals surface area (Å²) in [5, 5.41) is 11.0. The first-order valence-corrected chi connectivity index (χ1v) is 18.1. The Morgan fingerprint density at radius 3 is 2.07 bits per heavy atom. The minimum absolute atomic E-state index is 0.0749. The molecule has 2 aliphatic carbocycles. The van der Waals surface area contributed by atoms with Crippen LogP contribution in [-0.4, -0.2) is 104 Å². The fraction of sp³-hybridized carbons (Fsp3) is 0.844. The summed E-state index contributed by atoms with van der Waals surface area (Å²) in [6.45, 7) is 16.2. The number of likely N-dealkylation sites (tertiary alicyclic amines) is 1. The van der Waals surface area contributed by atoms with Gasteiger partial charge in [-0.3, -0.25) is 19.2 Å². The molecule has 2 saturated heterocycles. The lowest BCUT2D eigenvalue weighted by Gasteiger charge is -2.39. The van der Waals surface area contributed by atoms with Gasteiger partial charge in [-0.15, -0.1) is 0 Å². The number of nitrogens with zero attached hydrogens (tertiary/aromatic N) is 2. The van der Waals surface area contributed by atoms with Gasteiger partial charge >= 0.3 is 6.03 Å². The second kappa shape index (κ2) is 12.7. The Morgan fingerprint density at radius 1 is 0.935 bits per heavy atom. The van der Waals surface area contributed by atoms with Crippen molar-refractivity contribution in [3.8, 4) is 0 Å². The molecule has 0 aromatic heterocycles. The smallest absolute Gasteiger partial charge is 0.315 e. The quantitative estimate of drug-likeness (QED) is 0.240. The molecule has 0 spiro atoms. The van der Waals surface area contributed by atoms with E-state index in [1.165, 1.54) is 16.3 Å². The van der Waals surface area contributed by atoms with Crippen molar-refractivity contribution < 1.29 is 32.4 Å². The molecule has 2 heterocycles. The third-order valence-electron chi connectivity index (χ3n) is 10.4. The molecule has 4 aliphatic rings. The normalized spacial score (nSPS) is 27.2. The Bertz CT molecular complexity index is 1350. The molecule has 2 aliphatic heterocycles. The molecule has 46 heavy (non-hydrogen) atoms. The molecule has 14 heteroatoms. The summed E-state index contributed by atoms with van der Waals surface area (Å²) >= 11 is 0. The van der Waals surface area contributed by atoms with E-state index < -0.39 is 74.6 Å². The van der Waals surface area contributed by atoms with Gasteiger partial charge in [-0.1, -0.05) is 68.2 Å². The number of urea groups is 1. The molecule has 2 unspecified atom stereocenters. The molecule has 5 amide bonds. The number of hydrogen-bond donors (Lipinski definition) is 4. The summed E-state index contributed by atoms with van der Waals surface area (Å²) in [5.41, 5.74) is -1.41. The summed E-state index contributed by atoms with van der Waals surface area (Å²) in [6, 6.07) is -3.97. The molecular weight excluding hydrogens is 612 g/mol. The van der Waals surface area contributed by atoms with Crippen molar-refractivity contribution in [2.45, 2.75) is 105 Å². The first-order valence-electron chi connectivity index (χ1n) is 16.5. The van der Waals surface area contributed by atoms with Crippen molar-refractivity contribution in [1.82, 2.24) is 30.5 Å². The first kappa shape index (κ1) is 36.1. The van der Waals surface area contributed by atoms with Crippen molar-refractivity contribution in [3.05, 3.63) is 0 Å². The molecule has 0 radical (unpaired) electrons. The topological polar surface area (TPSA) is 174 Å². The lowest BCUT2D eigenvalue weighted by Crippen LogP contribution is -2.62. The van der Waals surface area contributed by atoms with Crippen LogP contribution in [0.3, 0.4) is 0 Å². The largest absolute Gasteiger partial charge is 0.353 e. The summed E-state index contributed by atoms with van der Waals surface area (Å²) in [6.07, 6.45) is 2.78. The molecule has 4 rings (SSSR count). The predicted molar refractivity (Wildman–Crippen MR) is 173 cm³/mol. The fourth-order valence-corrected chi connectivity index (χ4v) is 8.59. The molecule has 4 fully saturated rings. The van der Waals surface area contributed by atoms with Crippen LogP contribution in [0.1, 0.15) is 81.1 Å². The Hall–Kier alpha value is -2.74. The van der Waals surface area contributed by atoms with Crippen LogP contribution in [0.5, 0.6) is 0 Å². The second-order valence-corrected chi connectivity index (χ2v) is 18.5. The van der Waals surface area contributed by atoms with Gasteiger partial charge in [0.25, 0.3) is 5.91 Å². The zero-order valence-corrected chi connectivity index (χ0v) is 29.7. The standard InChI is InChI=1S/C32H54N6O7S/c1-30(2,3)21(17-37-13-10-14-46(37,44)45)35-29(43)36-25(31(4,5)6)28(42)38-16-19-22(32(19,7)8)23(38)26(40)34-20(15-18-11-12-18)24(39)27(41)33-9/h18-23,25H,10-17H2,1-9H3,(H,33,41)(H,34,40)(H2,35,36,43)/t19-,20?,21+,22-,23?,25+/m0/s1. The zero-order chi connectivity index (χ0) is 34.6. The van der Waals surface area contributed by atoms with E-state index in [0.29, 0.717) is 25.9 Å². The number of amides is 5. The monoisotopic (exact) mass is 666 g/mol. The van der Waals surface area contributed by atoms with Gasteiger partial charge in [-0.05, 0) is 46.8 Å². The number of likely N-dealkylation sites (N-methyl/N-ethyl adjacent to an activating group) is 1. The van der Waals surface area contributed by atoms with Gasteiger partial charge < -0.3 is 26.2 Å². The number of ketones is 1. The molecule has 0 bridgehead atoms. The van der Waals surface area contributed by atoms with Crippen LogP contribution in [0.2, 0.25) is 0 Å². The molecule has 6 atom stereocenters. The number of fused-ring (bicyclic) bond motifs is 1. The number of carbonyl (C=O) groups excluding carboxylic acids is 5. The second-order valence-electron chi connectivity index (χ2n) is 16.4. The van der Waals surface area contributed by atoms with Crippen molar-refractivity contribution in [2.75, 3.05) is 32.4 Å². The third kappa shape index (κ3) is 7.69. The van der Waals surface area contributed by atoms with E-state index in [9.17, 15) is 32.4 Å². The highest BCUT2D eigenvalue weighted by Gasteiger charge is 2.70. The Morgan fingerprint density at radius 2 is 1.57 bits per heavy atom. The van der Waals surface area contributed by atoms with Gasteiger partial charge in [0.15, 0.2) is 0 Å². The summed E-state index contributed by atoms with van der Waals surface area (Å²) in [5.74, 6) is -2.05. The van der Waals surface area contributed by atoms with Gasteiger partial charge in [-0.2, -0.15) is 4.31 Å². The lowest BCUT2D eigenvalue weighted by molar-refractivity contribution is -0.145. The first-order chi connectivity index (χ1) is 21.1. The maximum Gasteiger partial charge on any atom is 0.315 e. The lowest BCUT2D eigenvalue weighted by atomic mass is 9.85. The highest BCUT2D eigenvalue weighted by molar-refractivity contribution is 7.89. The summed E-state index contributed by atoms with van der Waals surface area (Å²) < 4.78 is 26.4. The van der Waals surface area contributed by atoms with Crippen molar-refractivity contribution >= 4 is 39.6 Å². The number of rotatable bonds is 11. The van der Waals surface area contributed by atoms with Gasteiger partial charge in [-0.25, -0.2) is 13.2 Å². The van der Waals surface area contributed by atoms with E-state index in [2.05, 4.69) is 35.1 Å². The number of hydrogen-bond acceptors (Lipinski definition) is 7. The highest BCUT2D eigenvalue weighted by atomic mass is 32.2. The summed E-state index contributed by atoms with van der Waals surface area (Å²) in [7, 11) is -2.00. The predicted octanol–water partition coefficient (Wildman–Crippen LogP) is 1.23. The SMILES string of the molecule is CNC(=O)C(=O)C(CC1CC1)NC(=O)C1[C@@H]2[C@H](CN1C(=O)[C@@H](NC(=O)N[C@H](CN1CCCS1(=O)=O)C(C)(C)C)C(C)(C)C)C2(C)C. The average Bonchev–Trinajstić information content (AvgIpc) is 3.73. The van der Waals surface area contributed by atoms with Crippen LogP contribution in [-0.2, 0) is 29.2 Å². The van der Waals surface area contributed by atoms with E-state index in [4.69, 9.17) is 0 Å². The maximum absolute atomic E-state index is 14.3. The molecule has 13 nitrogen and oxygen atoms in total. The van der Waals surface area contributed by atoms with Gasteiger partial charge in [0.1, 0.15) is 12.1 Å². The molecule has 2 saturated carbocycles. The van der Waals surface area contributed by atoms with Gasteiger partial charge in [0.2, 0.25) is 27.6 Å². The van der Waals surface area contributed by atoms with Gasteiger partial charge in [0, 0.05) is 32.7 Å². The van der Waals surface area contributed by atoms with E-state index in [1.54, 1.807) is 0 Å². The van der Waals surface area contributed by atoms with Crippen LogP contribution in [0, 0.1) is 34.0 Å². The Balaban J connectivity index is 1.52. The van der Waals surface area contributed by atoms with Crippen LogP contribution in [0.15, 0.2) is 0 Å². The van der Waals surface area contributed by atoms with E-state index in [0.717, 1.165) is 12.8 Å². The third-order valence-corrected chi connectivity index (χ3v) is 12.4. The summed E-state index contributed by atoms with van der Waals surface area (Å²) in [4.78, 5) is 68.4. The van der Waals surface area contributed by atoms with Crippen molar-refractivity contribution in [2.24, 2.45) is 34.0 Å². The number of nitrogens with one attached hydrogen (secondary N) is 4. The van der Waals surface area contributed by atoms with Crippen LogP contribution >= 0.6 is 0 Å². The number of piperidine rings is 1. The Kier molecular flexibility index (Phi) is 9.97. The highest BCUT2D eigenvalue weighted by Crippen LogP contribution is 2.65.